The quantitative estimate of drug-likeness (QED) is 0.466. The van der Waals surface area contributed by atoms with Crippen LogP contribution in [0.1, 0.15) is 25.2 Å². The molecular weight excluding hydrogens is 447 g/mol. The second-order valence-electron chi connectivity index (χ2n) is 8.28. The predicted octanol–water partition coefficient (Wildman–Crippen LogP) is 4.57. The third-order valence-corrected chi connectivity index (χ3v) is 5.96. The summed E-state index contributed by atoms with van der Waals surface area (Å²) >= 11 is 0. The van der Waals surface area contributed by atoms with Crippen LogP contribution >= 0.6 is 0 Å². The Bertz CT molecular complexity index is 1280. The Kier molecular flexibility index (Phi) is 7.29. The van der Waals surface area contributed by atoms with Crippen LogP contribution in [-0.4, -0.2) is 60.2 Å². The molecule has 7 nitrogen and oxygen atoms in total. The number of hydrogen-bond acceptors (Lipinski definition) is 6. The van der Waals surface area contributed by atoms with E-state index in [0.29, 0.717) is 32.1 Å². The number of amides is 1. The van der Waals surface area contributed by atoms with Crippen LogP contribution in [0.25, 0.3) is 23.1 Å². The average molecular weight is 477 g/mol. The van der Waals surface area contributed by atoms with Gasteiger partial charge in [0.25, 0.3) is 0 Å². The second-order valence-corrected chi connectivity index (χ2v) is 8.28. The average Bonchev–Trinajstić information content (AvgIpc) is 2.87. The Balaban J connectivity index is 1.72. The highest BCUT2D eigenvalue weighted by molar-refractivity contribution is 5.92. The van der Waals surface area contributed by atoms with E-state index in [2.05, 4.69) is 11.5 Å². The highest BCUT2D eigenvalue weighted by Crippen LogP contribution is 2.30. The van der Waals surface area contributed by atoms with Gasteiger partial charge in [0, 0.05) is 31.1 Å². The van der Waals surface area contributed by atoms with Gasteiger partial charge in [-0.15, -0.1) is 0 Å². The zero-order valence-electron chi connectivity index (χ0n) is 20.2. The van der Waals surface area contributed by atoms with Gasteiger partial charge >= 0.3 is 0 Å². The number of fused-ring (bicyclic) bond motifs is 1. The Labute approximate surface area is 204 Å². The van der Waals surface area contributed by atoms with E-state index in [1.165, 1.54) is 19.3 Å². The molecule has 1 fully saturated rings. The maximum absolute atomic E-state index is 13.8. The molecule has 0 radical (unpaired) electrons. The number of rotatable bonds is 7. The molecular formula is C27H29FN4O3. The van der Waals surface area contributed by atoms with E-state index in [-0.39, 0.29) is 17.7 Å². The van der Waals surface area contributed by atoms with E-state index in [0.717, 1.165) is 28.0 Å². The van der Waals surface area contributed by atoms with Gasteiger partial charge in [-0.1, -0.05) is 18.7 Å². The van der Waals surface area contributed by atoms with Crippen LogP contribution in [0.5, 0.6) is 11.5 Å². The molecule has 182 valence electrons. The van der Waals surface area contributed by atoms with Crippen molar-refractivity contribution in [1.82, 2.24) is 14.9 Å². The maximum Gasteiger partial charge on any atom is 0.246 e. The normalized spacial score (nSPS) is 16.1. The van der Waals surface area contributed by atoms with Gasteiger partial charge in [0.15, 0.2) is 17.4 Å². The largest absolute Gasteiger partial charge is 0.494 e. The summed E-state index contributed by atoms with van der Waals surface area (Å²) in [5.41, 5.74) is 1.55. The summed E-state index contributed by atoms with van der Waals surface area (Å²) in [4.78, 5) is 25.8. The SMILES string of the molecule is C=CC(=O)N1CCN(c2nc(/C=C/c3ccc(F)c(OC)c3)nc3ccc(OCC)cc23)C[C@@H]1C. The zero-order chi connectivity index (χ0) is 24.9. The molecule has 0 saturated carbocycles. The number of nitrogens with zero attached hydrogens (tertiary/aromatic N) is 4. The summed E-state index contributed by atoms with van der Waals surface area (Å²) in [6.45, 7) is 9.96. The van der Waals surface area contributed by atoms with E-state index in [9.17, 15) is 9.18 Å². The first-order chi connectivity index (χ1) is 16.9. The lowest BCUT2D eigenvalue weighted by Crippen LogP contribution is -2.54. The Morgan fingerprint density at radius 1 is 1.20 bits per heavy atom. The van der Waals surface area contributed by atoms with Crippen molar-refractivity contribution in [2.75, 3.05) is 38.3 Å². The molecule has 1 aromatic heterocycles. The smallest absolute Gasteiger partial charge is 0.246 e. The number of halogens is 1. The molecule has 0 N–H and O–H groups in total. The number of aromatic nitrogens is 2. The molecule has 4 rings (SSSR count). The lowest BCUT2D eigenvalue weighted by atomic mass is 10.1. The van der Waals surface area contributed by atoms with Crippen LogP contribution in [0.3, 0.4) is 0 Å². The monoisotopic (exact) mass is 476 g/mol. The minimum atomic E-state index is -0.415. The van der Waals surface area contributed by atoms with E-state index >= 15 is 0 Å². The molecule has 0 aliphatic carbocycles. The highest BCUT2D eigenvalue weighted by Gasteiger charge is 2.28. The van der Waals surface area contributed by atoms with Crippen molar-refractivity contribution in [3.05, 3.63) is 66.3 Å². The van der Waals surface area contributed by atoms with Gasteiger partial charge in [-0.2, -0.15) is 0 Å². The molecule has 2 heterocycles. The topological polar surface area (TPSA) is 67.8 Å². The standard InChI is InChI=1S/C27H29FN4O3/c1-5-26(33)32-14-13-31(17-18(32)3)27-21-16-20(35-6-2)9-11-23(21)29-25(30-27)12-8-19-7-10-22(28)24(15-19)34-4/h5,7-12,15-16,18H,1,6,13-14,17H2,2-4H3/b12-8+/t18-/m0/s1. The van der Waals surface area contributed by atoms with Crippen molar-refractivity contribution in [1.29, 1.82) is 0 Å². The number of ether oxygens (including phenoxy) is 2. The van der Waals surface area contributed by atoms with Gasteiger partial charge in [-0.3, -0.25) is 4.79 Å². The minimum Gasteiger partial charge on any atom is -0.494 e. The molecule has 1 amide bonds. The second kappa shape index (κ2) is 10.5. The third kappa shape index (κ3) is 5.26. The van der Waals surface area contributed by atoms with Gasteiger partial charge in [-0.05, 0) is 61.9 Å². The van der Waals surface area contributed by atoms with Gasteiger partial charge in [0.05, 0.1) is 19.2 Å². The summed E-state index contributed by atoms with van der Waals surface area (Å²) in [5.74, 6) is 1.75. The van der Waals surface area contributed by atoms with Crippen molar-refractivity contribution < 1.29 is 18.7 Å². The molecule has 2 aromatic carbocycles. The Morgan fingerprint density at radius 3 is 2.74 bits per heavy atom. The van der Waals surface area contributed by atoms with Crippen LogP contribution in [0.15, 0.2) is 49.1 Å². The minimum absolute atomic E-state index is 0.0000110. The Hall–Kier alpha value is -3.94. The number of benzene rings is 2. The zero-order valence-corrected chi connectivity index (χ0v) is 20.2. The first-order valence-electron chi connectivity index (χ1n) is 11.6. The lowest BCUT2D eigenvalue weighted by Gasteiger charge is -2.40. The van der Waals surface area contributed by atoms with Gasteiger partial charge in [0.2, 0.25) is 5.91 Å². The molecule has 1 saturated heterocycles. The fourth-order valence-electron chi connectivity index (χ4n) is 4.23. The molecule has 1 aliphatic rings. The van der Waals surface area contributed by atoms with Gasteiger partial charge in [-0.25, -0.2) is 14.4 Å². The molecule has 0 spiro atoms. The summed E-state index contributed by atoms with van der Waals surface area (Å²) in [6.07, 6.45) is 4.98. The summed E-state index contributed by atoms with van der Waals surface area (Å²) in [5, 5.41) is 0.882. The summed E-state index contributed by atoms with van der Waals surface area (Å²) in [7, 11) is 1.44. The molecule has 0 bridgehead atoms. The fraction of sp³-hybridized carbons (Fsp3) is 0.296. The molecule has 3 aromatic rings. The number of carbonyl (C=O) groups excluding carboxylic acids is 1. The number of methoxy groups -OCH3 is 1. The number of piperazine rings is 1. The Morgan fingerprint density at radius 2 is 2.03 bits per heavy atom. The number of hydrogen-bond donors (Lipinski definition) is 0. The maximum atomic E-state index is 13.8. The van der Waals surface area contributed by atoms with Crippen LogP contribution in [0.4, 0.5) is 10.2 Å². The predicted molar refractivity (Wildman–Crippen MR) is 136 cm³/mol. The van der Waals surface area contributed by atoms with Crippen LogP contribution < -0.4 is 14.4 Å². The van der Waals surface area contributed by atoms with Crippen LogP contribution in [0, 0.1) is 5.82 Å². The van der Waals surface area contributed by atoms with Crippen LogP contribution in [0.2, 0.25) is 0 Å². The third-order valence-electron chi connectivity index (χ3n) is 5.96. The van der Waals surface area contributed by atoms with E-state index in [4.69, 9.17) is 19.4 Å². The van der Waals surface area contributed by atoms with Crippen LogP contribution in [-0.2, 0) is 4.79 Å². The van der Waals surface area contributed by atoms with Crippen molar-refractivity contribution in [3.8, 4) is 11.5 Å². The highest BCUT2D eigenvalue weighted by atomic mass is 19.1. The van der Waals surface area contributed by atoms with Crippen molar-refractivity contribution in [2.45, 2.75) is 19.9 Å². The van der Waals surface area contributed by atoms with Crippen molar-refractivity contribution >= 4 is 34.8 Å². The first-order valence-corrected chi connectivity index (χ1v) is 11.6. The van der Waals surface area contributed by atoms with Gasteiger partial charge < -0.3 is 19.3 Å². The molecule has 0 unspecified atom stereocenters. The lowest BCUT2D eigenvalue weighted by molar-refractivity contribution is -0.128. The van der Waals surface area contributed by atoms with Gasteiger partial charge in [0.1, 0.15) is 11.6 Å². The van der Waals surface area contributed by atoms with Crippen molar-refractivity contribution in [3.63, 3.8) is 0 Å². The molecule has 35 heavy (non-hydrogen) atoms. The molecule has 1 aliphatic heterocycles. The van der Waals surface area contributed by atoms with E-state index < -0.39 is 5.82 Å². The van der Waals surface area contributed by atoms with Crippen molar-refractivity contribution in [2.24, 2.45) is 0 Å². The summed E-state index contributed by atoms with van der Waals surface area (Å²) < 4.78 is 24.6. The van der Waals surface area contributed by atoms with E-state index in [1.54, 1.807) is 18.2 Å². The first kappa shape index (κ1) is 24.2. The number of anilines is 1. The number of carbonyl (C=O) groups is 1. The molecule has 1 atom stereocenters. The molecule has 8 heteroatoms. The fourth-order valence-corrected chi connectivity index (χ4v) is 4.23. The van der Waals surface area contributed by atoms with E-state index in [1.807, 2.05) is 43.0 Å². The summed E-state index contributed by atoms with van der Waals surface area (Å²) in [6, 6.07) is 10.4.